The average Bonchev–Trinajstić information content (AvgIpc) is 2.93. The summed E-state index contributed by atoms with van der Waals surface area (Å²) >= 11 is 10.6. The monoisotopic (exact) mass is 355 g/mol. The largest absolute Gasteiger partial charge is 0.298 e. The Morgan fingerprint density at radius 3 is 2.90 bits per heavy atom. The lowest BCUT2D eigenvalue weighted by atomic mass is 10.4. The number of thiophene rings is 1. The van der Waals surface area contributed by atoms with Gasteiger partial charge in [0.05, 0.1) is 4.88 Å². The Kier molecular flexibility index (Phi) is 3.70. The molecule has 0 aliphatic heterocycles. The molecule has 3 aromatic rings. The third-order valence-electron chi connectivity index (χ3n) is 3.17. The van der Waals surface area contributed by atoms with E-state index in [1.807, 2.05) is 6.07 Å². The zero-order valence-corrected chi connectivity index (χ0v) is 14.0. The van der Waals surface area contributed by atoms with Gasteiger partial charge in [-0.25, -0.2) is 0 Å². The summed E-state index contributed by atoms with van der Waals surface area (Å²) in [5.41, 5.74) is 0.815. The smallest absolute Gasteiger partial charge is 0.192 e. The minimum Gasteiger partial charge on any atom is -0.298 e. The Morgan fingerprint density at radius 1 is 1.33 bits per heavy atom. The highest BCUT2D eigenvalue weighted by Crippen LogP contribution is 2.42. The van der Waals surface area contributed by atoms with E-state index in [4.69, 9.17) is 11.6 Å². The summed E-state index contributed by atoms with van der Waals surface area (Å²) in [5.74, 6) is 1.64. The summed E-state index contributed by atoms with van der Waals surface area (Å²) in [4.78, 5) is 1.16. The predicted octanol–water partition coefficient (Wildman–Crippen LogP) is 4.14. The van der Waals surface area contributed by atoms with Gasteiger partial charge < -0.3 is 0 Å². The van der Waals surface area contributed by atoms with Crippen LogP contribution in [0.2, 0.25) is 4.34 Å². The highest BCUT2D eigenvalue weighted by atomic mass is 35.5. The molecule has 1 saturated carbocycles. The van der Waals surface area contributed by atoms with Crippen molar-refractivity contribution < 1.29 is 0 Å². The van der Waals surface area contributed by atoms with Gasteiger partial charge in [0.2, 0.25) is 0 Å². The average molecular weight is 356 g/mol. The molecule has 0 aromatic carbocycles. The van der Waals surface area contributed by atoms with Crippen LogP contribution in [0.25, 0.3) is 10.7 Å². The minimum atomic E-state index is 0.531. The second-order valence-electron chi connectivity index (χ2n) is 4.67. The molecule has 1 aliphatic carbocycles. The van der Waals surface area contributed by atoms with E-state index in [1.165, 1.54) is 24.4 Å². The van der Waals surface area contributed by atoms with Crippen molar-refractivity contribution in [2.45, 2.75) is 29.8 Å². The normalized spacial score (nSPS) is 14.7. The second-order valence-corrected chi connectivity index (χ2v) is 7.91. The van der Waals surface area contributed by atoms with E-state index in [0.717, 1.165) is 21.6 Å². The fourth-order valence-corrected chi connectivity index (χ4v) is 4.47. The summed E-state index contributed by atoms with van der Waals surface area (Å²) in [7, 11) is 0. The van der Waals surface area contributed by atoms with Crippen molar-refractivity contribution in [1.29, 1.82) is 0 Å². The van der Waals surface area contributed by atoms with Gasteiger partial charge in [0.1, 0.15) is 10.0 Å². The maximum absolute atomic E-state index is 6.05. The van der Waals surface area contributed by atoms with Crippen molar-refractivity contribution in [2.24, 2.45) is 0 Å². The summed E-state index contributed by atoms with van der Waals surface area (Å²) in [5, 5.41) is 15.8. The minimum absolute atomic E-state index is 0.531. The number of halogens is 1. The van der Waals surface area contributed by atoms with E-state index in [-0.39, 0.29) is 0 Å². The quantitative estimate of drug-likeness (QED) is 0.644. The molecule has 9 heteroatoms. The first-order valence-corrected chi connectivity index (χ1v) is 9.43. The molecule has 21 heavy (non-hydrogen) atoms. The molecule has 5 nitrogen and oxygen atoms in total. The number of rotatable bonds is 5. The van der Waals surface area contributed by atoms with Crippen LogP contribution in [0, 0.1) is 0 Å². The lowest BCUT2D eigenvalue weighted by molar-refractivity contribution is 0.670. The van der Waals surface area contributed by atoms with Gasteiger partial charge in [-0.2, -0.15) is 0 Å². The summed E-state index contributed by atoms with van der Waals surface area (Å²) in [6.45, 7) is 0. The van der Waals surface area contributed by atoms with E-state index in [9.17, 15) is 0 Å². The molecular weight excluding hydrogens is 346 g/mol. The van der Waals surface area contributed by atoms with Crippen LogP contribution in [-0.4, -0.2) is 24.4 Å². The topological polar surface area (TPSA) is 56.5 Å². The van der Waals surface area contributed by atoms with Gasteiger partial charge in [-0.1, -0.05) is 33.9 Å². The third kappa shape index (κ3) is 2.73. The van der Waals surface area contributed by atoms with Crippen molar-refractivity contribution in [3.05, 3.63) is 27.5 Å². The number of thioether (sulfide) groups is 1. The molecule has 0 N–H and O–H groups in total. The Hall–Kier alpha value is -0.960. The standard InChI is InChI=1S/C12H10ClN5S3/c13-10-8(14-17-21-10)6-20-12-16-15-11(9-2-1-5-19-9)18(12)7-3-4-7/h1-2,5,7H,3-4,6H2. The first kappa shape index (κ1) is 13.7. The Bertz CT molecular complexity index is 747. The number of nitrogens with zero attached hydrogens (tertiary/aromatic N) is 5. The van der Waals surface area contributed by atoms with Crippen LogP contribution in [0.5, 0.6) is 0 Å². The SMILES string of the molecule is Clc1snnc1CSc1nnc(-c2cccs2)n1C1CC1. The van der Waals surface area contributed by atoms with Crippen molar-refractivity contribution in [2.75, 3.05) is 0 Å². The van der Waals surface area contributed by atoms with Gasteiger partial charge >= 0.3 is 0 Å². The van der Waals surface area contributed by atoms with Crippen LogP contribution in [0.4, 0.5) is 0 Å². The van der Waals surface area contributed by atoms with Gasteiger partial charge in [-0.15, -0.1) is 26.6 Å². The third-order valence-corrected chi connectivity index (χ3v) is 5.97. The van der Waals surface area contributed by atoms with Crippen LogP contribution in [-0.2, 0) is 5.75 Å². The van der Waals surface area contributed by atoms with E-state index < -0.39 is 0 Å². The molecule has 0 unspecified atom stereocenters. The van der Waals surface area contributed by atoms with Crippen molar-refractivity contribution in [1.82, 2.24) is 24.4 Å². The fraction of sp³-hybridized carbons (Fsp3) is 0.333. The van der Waals surface area contributed by atoms with Gasteiger partial charge in [-0.05, 0) is 24.3 Å². The van der Waals surface area contributed by atoms with Gasteiger partial charge in [0.15, 0.2) is 11.0 Å². The van der Waals surface area contributed by atoms with Gasteiger partial charge in [0, 0.05) is 23.3 Å². The van der Waals surface area contributed by atoms with E-state index >= 15 is 0 Å². The van der Waals surface area contributed by atoms with E-state index in [1.54, 1.807) is 23.1 Å². The number of aromatic nitrogens is 5. The Morgan fingerprint density at radius 2 is 2.24 bits per heavy atom. The van der Waals surface area contributed by atoms with Crippen LogP contribution < -0.4 is 0 Å². The van der Waals surface area contributed by atoms with Crippen molar-refractivity contribution >= 4 is 46.2 Å². The van der Waals surface area contributed by atoms with Gasteiger partial charge in [0.25, 0.3) is 0 Å². The zero-order chi connectivity index (χ0) is 14.2. The van der Waals surface area contributed by atoms with Crippen LogP contribution in [0.15, 0.2) is 22.7 Å². The summed E-state index contributed by atoms with van der Waals surface area (Å²) < 4.78 is 6.76. The molecule has 0 spiro atoms. The molecule has 1 aliphatic rings. The maximum Gasteiger partial charge on any atom is 0.192 e. The second kappa shape index (κ2) is 5.68. The lowest BCUT2D eigenvalue weighted by Gasteiger charge is -2.06. The Labute approximate surface area is 138 Å². The van der Waals surface area contributed by atoms with Gasteiger partial charge in [-0.3, -0.25) is 4.57 Å². The number of hydrogen-bond donors (Lipinski definition) is 0. The van der Waals surface area contributed by atoms with Crippen molar-refractivity contribution in [3.63, 3.8) is 0 Å². The summed E-state index contributed by atoms with van der Waals surface area (Å²) in [6, 6.07) is 4.66. The summed E-state index contributed by atoms with van der Waals surface area (Å²) in [6.07, 6.45) is 2.39. The molecular formula is C12H10ClN5S3. The number of hydrogen-bond acceptors (Lipinski definition) is 7. The van der Waals surface area contributed by atoms with Crippen molar-refractivity contribution in [3.8, 4) is 10.7 Å². The van der Waals surface area contributed by atoms with Crippen LogP contribution in [0.3, 0.4) is 0 Å². The molecule has 0 amide bonds. The molecule has 108 valence electrons. The lowest BCUT2D eigenvalue weighted by Crippen LogP contribution is -1.99. The zero-order valence-electron chi connectivity index (χ0n) is 10.8. The molecule has 3 aromatic heterocycles. The fourth-order valence-electron chi connectivity index (χ4n) is 2.03. The predicted molar refractivity (Wildman–Crippen MR) is 86.1 cm³/mol. The van der Waals surface area contributed by atoms with E-state index in [2.05, 4.69) is 35.8 Å². The highest BCUT2D eigenvalue weighted by Gasteiger charge is 2.30. The maximum atomic E-state index is 6.05. The van der Waals surface area contributed by atoms with Crippen LogP contribution in [0.1, 0.15) is 24.6 Å². The molecule has 4 rings (SSSR count). The highest BCUT2D eigenvalue weighted by molar-refractivity contribution is 7.98. The molecule has 3 heterocycles. The Balaban J connectivity index is 1.62. The molecule has 1 fully saturated rings. The molecule has 0 atom stereocenters. The molecule has 0 radical (unpaired) electrons. The van der Waals surface area contributed by atoms with E-state index in [0.29, 0.717) is 16.1 Å². The first-order valence-electron chi connectivity index (χ1n) is 6.41. The molecule has 0 saturated heterocycles. The van der Waals surface area contributed by atoms with Crippen LogP contribution >= 0.6 is 46.2 Å². The molecule has 0 bridgehead atoms. The first-order chi connectivity index (χ1) is 10.3.